The van der Waals surface area contributed by atoms with E-state index in [1.807, 2.05) is 24.3 Å². The minimum atomic E-state index is 0.497. The molecule has 2 aromatic rings. The van der Waals surface area contributed by atoms with Crippen LogP contribution in [0.5, 0.6) is 0 Å². The minimum absolute atomic E-state index is 0.497. The van der Waals surface area contributed by atoms with Crippen molar-refractivity contribution in [3.63, 3.8) is 0 Å². The Kier molecular flexibility index (Phi) is 6.03. The summed E-state index contributed by atoms with van der Waals surface area (Å²) in [5.41, 5.74) is 10.5. The third-order valence-electron chi connectivity index (χ3n) is 3.45. The van der Waals surface area contributed by atoms with E-state index >= 15 is 0 Å². The number of hydrogen-bond acceptors (Lipinski definition) is 4. The van der Waals surface area contributed by atoms with Gasteiger partial charge in [-0.15, -0.1) is 5.10 Å². The summed E-state index contributed by atoms with van der Waals surface area (Å²) in [5.74, 6) is 0.774. The zero-order valence-electron chi connectivity index (χ0n) is 12.4. The molecule has 0 aliphatic heterocycles. The van der Waals surface area contributed by atoms with Gasteiger partial charge in [0, 0.05) is 22.9 Å². The highest BCUT2D eigenvalue weighted by Gasteiger charge is 2.14. The van der Waals surface area contributed by atoms with Crippen LogP contribution in [0, 0.1) is 0 Å². The molecule has 0 saturated heterocycles. The SMILES string of the molecule is CCc1nnc(SCc2ccccc2Cl)c(CN)c1CC. The molecular weight excluding hydrogens is 302 g/mol. The number of nitrogens with zero attached hydrogens (tertiary/aromatic N) is 2. The lowest BCUT2D eigenvalue weighted by atomic mass is 10.0. The van der Waals surface area contributed by atoms with Gasteiger partial charge in [0.05, 0.1) is 5.69 Å². The zero-order chi connectivity index (χ0) is 15.2. The molecule has 0 fully saturated rings. The van der Waals surface area contributed by atoms with E-state index in [1.165, 1.54) is 5.56 Å². The molecule has 0 amide bonds. The lowest BCUT2D eigenvalue weighted by Crippen LogP contribution is -2.10. The third-order valence-corrected chi connectivity index (χ3v) is 4.87. The molecule has 0 radical (unpaired) electrons. The molecule has 112 valence electrons. The van der Waals surface area contributed by atoms with Crippen LogP contribution in [0.4, 0.5) is 0 Å². The van der Waals surface area contributed by atoms with Crippen molar-refractivity contribution in [3.05, 3.63) is 51.7 Å². The maximum absolute atomic E-state index is 6.20. The Balaban J connectivity index is 2.26. The Labute approximate surface area is 135 Å². The van der Waals surface area contributed by atoms with E-state index in [1.54, 1.807) is 11.8 Å². The number of halogens is 1. The van der Waals surface area contributed by atoms with Crippen molar-refractivity contribution in [2.24, 2.45) is 5.73 Å². The van der Waals surface area contributed by atoms with Crippen LogP contribution in [-0.4, -0.2) is 10.2 Å². The van der Waals surface area contributed by atoms with Gasteiger partial charge in [0.25, 0.3) is 0 Å². The van der Waals surface area contributed by atoms with Crippen LogP contribution in [-0.2, 0) is 25.1 Å². The third kappa shape index (κ3) is 3.76. The van der Waals surface area contributed by atoms with E-state index in [4.69, 9.17) is 17.3 Å². The van der Waals surface area contributed by atoms with Crippen molar-refractivity contribution in [3.8, 4) is 0 Å². The van der Waals surface area contributed by atoms with E-state index in [0.29, 0.717) is 6.54 Å². The molecule has 1 heterocycles. The number of hydrogen-bond donors (Lipinski definition) is 1. The molecule has 0 unspecified atom stereocenters. The molecule has 0 aliphatic rings. The summed E-state index contributed by atoms with van der Waals surface area (Å²) in [6.07, 6.45) is 1.82. The predicted molar refractivity (Wildman–Crippen MR) is 89.7 cm³/mol. The van der Waals surface area contributed by atoms with Crippen LogP contribution in [0.3, 0.4) is 0 Å². The smallest absolute Gasteiger partial charge is 0.124 e. The first-order chi connectivity index (χ1) is 10.2. The fourth-order valence-corrected chi connectivity index (χ4v) is 3.62. The van der Waals surface area contributed by atoms with E-state index < -0.39 is 0 Å². The molecule has 1 aromatic carbocycles. The van der Waals surface area contributed by atoms with Crippen molar-refractivity contribution >= 4 is 23.4 Å². The van der Waals surface area contributed by atoms with Crippen LogP contribution in [0.2, 0.25) is 5.02 Å². The van der Waals surface area contributed by atoms with Gasteiger partial charge in [0.2, 0.25) is 0 Å². The van der Waals surface area contributed by atoms with Crippen molar-refractivity contribution < 1.29 is 0 Å². The molecule has 0 atom stereocenters. The molecule has 1 aromatic heterocycles. The summed E-state index contributed by atoms with van der Waals surface area (Å²) >= 11 is 7.85. The fourth-order valence-electron chi connectivity index (χ4n) is 2.32. The number of aryl methyl sites for hydroxylation is 1. The van der Waals surface area contributed by atoms with Crippen LogP contribution in [0.25, 0.3) is 0 Å². The molecular formula is C16H20ClN3S. The largest absolute Gasteiger partial charge is 0.326 e. The normalized spacial score (nSPS) is 10.9. The molecule has 0 bridgehead atoms. The molecule has 5 heteroatoms. The van der Waals surface area contributed by atoms with Crippen molar-refractivity contribution in [1.82, 2.24) is 10.2 Å². The monoisotopic (exact) mass is 321 g/mol. The van der Waals surface area contributed by atoms with Gasteiger partial charge in [-0.1, -0.05) is 55.4 Å². The molecule has 2 N–H and O–H groups in total. The Morgan fingerprint density at radius 1 is 1.10 bits per heavy atom. The number of benzene rings is 1. The maximum Gasteiger partial charge on any atom is 0.124 e. The molecule has 21 heavy (non-hydrogen) atoms. The first-order valence-electron chi connectivity index (χ1n) is 7.14. The number of rotatable bonds is 6. The highest BCUT2D eigenvalue weighted by atomic mass is 35.5. The predicted octanol–water partition coefficient (Wildman–Crippen LogP) is 4.01. The fraction of sp³-hybridized carbons (Fsp3) is 0.375. The summed E-state index contributed by atoms with van der Waals surface area (Å²) in [6.45, 7) is 4.73. The van der Waals surface area contributed by atoms with Crippen molar-refractivity contribution in [2.45, 2.75) is 44.0 Å². The molecule has 0 aliphatic carbocycles. The van der Waals surface area contributed by atoms with E-state index in [-0.39, 0.29) is 0 Å². The first kappa shape index (κ1) is 16.3. The summed E-state index contributed by atoms with van der Waals surface area (Å²) < 4.78 is 0. The molecule has 2 rings (SSSR count). The lowest BCUT2D eigenvalue weighted by molar-refractivity contribution is 0.782. The summed E-state index contributed by atoms with van der Waals surface area (Å²) in [4.78, 5) is 0. The second-order valence-electron chi connectivity index (χ2n) is 4.70. The Hall–Kier alpha value is -1.10. The zero-order valence-corrected chi connectivity index (χ0v) is 14.0. The Morgan fingerprint density at radius 2 is 1.86 bits per heavy atom. The number of aromatic nitrogens is 2. The standard InChI is InChI=1S/C16H20ClN3S/c1-3-12-13(9-18)16(20-19-15(12)4-2)21-10-11-7-5-6-8-14(11)17/h5-8H,3-4,9-10,18H2,1-2H3. The van der Waals surface area contributed by atoms with Gasteiger partial charge in [-0.05, 0) is 30.0 Å². The summed E-state index contributed by atoms with van der Waals surface area (Å²) in [7, 11) is 0. The van der Waals surface area contributed by atoms with Crippen molar-refractivity contribution in [1.29, 1.82) is 0 Å². The summed E-state index contributed by atoms with van der Waals surface area (Å²) in [5, 5.41) is 10.4. The van der Waals surface area contributed by atoms with Crippen LogP contribution in [0.15, 0.2) is 29.3 Å². The van der Waals surface area contributed by atoms with E-state index in [9.17, 15) is 0 Å². The van der Waals surface area contributed by atoms with Crippen LogP contribution < -0.4 is 5.73 Å². The van der Waals surface area contributed by atoms with Crippen LogP contribution in [0.1, 0.15) is 36.2 Å². The highest BCUT2D eigenvalue weighted by molar-refractivity contribution is 7.98. The molecule has 3 nitrogen and oxygen atoms in total. The quantitative estimate of drug-likeness (QED) is 0.817. The Bertz CT molecular complexity index is 616. The van der Waals surface area contributed by atoms with Gasteiger partial charge in [-0.2, -0.15) is 5.10 Å². The van der Waals surface area contributed by atoms with Gasteiger partial charge >= 0.3 is 0 Å². The highest BCUT2D eigenvalue weighted by Crippen LogP contribution is 2.29. The Morgan fingerprint density at radius 3 is 2.48 bits per heavy atom. The average Bonchev–Trinajstić information content (AvgIpc) is 2.52. The maximum atomic E-state index is 6.20. The van der Waals surface area contributed by atoms with Gasteiger partial charge in [0.1, 0.15) is 5.03 Å². The van der Waals surface area contributed by atoms with Crippen LogP contribution >= 0.6 is 23.4 Å². The number of nitrogens with two attached hydrogens (primary N) is 1. The minimum Gasteiger partial charge on any atom is -0.326 e. The topological polar surface area (TPSA) is 51.8 Å². The van der Waals surface area contributed by atoms with Crippen molar-refractivity contribution in [2.75, 3.05) is 0 Å². The van der Waals surface area contributed by atoms with Gasteiger partial charge in [-0.3, -0.25) is 0 Å². The average molecular weight is 322 g/mol. The molecule has 0 spiro atoms. The first-order valence-corrected chi connectivity index (χ1v) is 8.51. The van der Waals surface area contributed by atoms with Gasteiger partial charge < -0.3 is 5.73 Å². The number of thioether (sulfide) groups is 1. The second-order valence-corrected chi connectivity index (χ2v) is 6.07. The van der Waals surface area contributed by atoms with E-state index in [2.05, 4.69) is 24.0 Å². The molecule has 0 saturated carbocycles. The van der Waals surface area contributed by atoms with Gasteiger partial charge in [-0.25, -0.2) is 0 Å². The summed E-state index contributed by atoms with van der Waals surface area (Å²) in [6, 6.07) is 7.87. The lowest BCUT2D eigenvalue weighted by Gasteiger charge is -2.13. The van der Waals surface area contributed by atoms with Gasteiger partial charge in [0.15, 0.2) is 0 Å². The second kappa shape index (κ2) is 7.78. The van der Waals surface area contributed by atoms with E-state index in [0.717, 1.165) is 45.5 Å².